The smallest absolute Gasteiger partial charge is 0.0898 e. The summed E-state index contributed by atoms with van der Waals surface area (Å²) in [4.78, 5) is 0. The van der Waals surface area contributed by atoms with E-state index in [1.54, 1.807) is 0 Å². The monoisotopic (exact) mass is 218 g/mol. The number of aliphatic hydroxyl groups is 2. The number of rotatable bonds is 1. The van der Waals surface area contributed by atoms with E-state index in [-0.39, 0.29) is 12.0 Å². The van der Waals surface area contributed by atoms with Crippen molar-refractivity contribution in [3.05, 3.63) is 34.4 Å². The van der Waals surface area contributed by atoms with Gasteiger partial charge in [0.2, 0.25) is 0 Å². The van der Waals surface area contributed by atoms with E-state index < -0.39 is 5.60 Å². The Morgan fingerprint density at radius 2 is 2.06 bits per heavy atom. The molecule has 0 heterocycles. The van der Waals surface area contributed by atoms with Crippen molar-refractivity contribution in [1.82, 2.24) is 0 Å². The van der Waals surface area contributed by atoms with Crippen molar-refractivity contribution in [3.8, 4) is 0 Å². The molecule has 1 atom stereocenters. The van der Waals surface area contributed by atoms with Gasteiger partial charge in [-0.25, -0.2) is 0 Å². The lowest BCUT2D eigenvalue weighted by Crippen LogP contribution is -2.38. The third-order valence-electron chi connectivity index (χ3n) is 4.61. The van der Waals surface area contributed by atoms with Crippen LogP contribution in [0.5, 0.6) is 0 Å². The standard InChI is InChI=1S/C14H18O2/c1-9-12-6-10(8-15)5-11(12)7-13(2,16)14(9)3-4-14/h6-7,15-16H,3-5,8H2,1-2H3/t13-/m1/s1. The van der Waals surface area contributed by atoms with E-state index in [1.807, 2.05) is 13.0 Å². The van der Waals surface area contributed by atoms with Crippen LogP contribution in [0.2, 0.25) is 0 Å². The molecule has 0 aliphatic heterocycles. The van der Waals surface area contributed by atoms with E-state index in [0.717, 1.165) is 24.8 Å². The Labute approximate surface area is 96.0 Å². The summed E-state index contributed by atoms with van der Waals surface area (Å²) in [5, 5.41) is 19.7. The highest BCUT2D eigenvalue weighted by atomic mass is 16.3. The third-order valence-corrected chi connectivity index (χ3v) is 4.61. The summed E-state index contributed by atoms with van der Waals surface area (Å²) in [6.45, 7) is 4.19. The van der Waals surface area contributed by atoms with Crippen molar-refractivity contribution < 1.29 is 10.2 Å². The Balaban J connectivity index is 2.13. The van der Waals surface area contributed by atoms with Crippen LogP contribution in [-0.4, -0.2) is 22.4 Å². The van der Waals surface area contributed by atoms with Gasteiger partial charge in [-0.05, 0) is 55.9 Å². The van der Waals surface area contributed by atoms with E-state index in [2.05, 4.69) is 13.0 Å². The van der Waals surface area contributed by atoms with Crippen molar-refractivity contribution >= 4 is 0 Å². The van der Waals surface area contributed by atoms with Crippen LogP contribution in [0.3, 0.4) is 0 Å². The van der Waals surface area contributed by atoms with E-state index >= 15 is 0 Å². The van der Waals surface area contributed by atoms with Crippen LogP contribution < -0.4 is 0 Å². The number of fused-ring (bicyclic) bond motifs is 1. The molecule has 16 heavy (non-hydrogen) atoms. The molecule has 2 heteroatoms. The highest BCUT2D eigenvalue weighted by Gasteiger charge is 2.58. The normalized spacial score (nSPS) is 35.0. The Morgan fingerprint density at radius 3 is 2.62 bits per heavy atom. The van der Waals surface area contributed by atoms with Gasteiger partial charge < -0.3 is 10.2 Å². The Hall–Kier alpha value is -0.860. The van der Waals surface area contributed by atoms with Gasteiger partial charge in [0, 0.05) is 5.41 Å². The molecule has 0 aromatic rings. The summed E-state index contributed by atoms with van der Waals surface area (Å²) in [6.07, 6.45) is 7.09. The predicted octanol–water partition coefficient (Wildman–Crippen LogP) is 2.10. The number of hydrogen-bond acceptors (Lipinski definition) is 2. The lowest BCUT2D eigenvalue weighted by molar-refractivity contribution is 0.0458. The van der Waals surface area contributed by atoms with Crippen LogP contribution in [0.15, 0.2) is 34.4 Å². The van der Waals surface area contributed by atoms with Crippen LogP contribution >= 0.6 is 0 Å². The van der Waals surface area contributed by atoms with Crippen molar-refractivity contribution in [3.63, 3.8) is 0 Å². The topological polar surface area (TPSA) is 40.5 Å². The zero-order chi connectivity index (χ0) is 11.6. The largest absolute Gasteiger partial charge is 0.392 e. The van der Waals surface area contributed by atoms with Gasteiger partial charge in [-0.2, -0.15) is 0 Å². The first-order valence-corrected chi connectivity index (χ1v) is 5.96. The minimum Gasteiger partial charge on any atom is -0.392 e. The molecule has 0 saturated heterocycles. The van der Waals surface area contributed by atoms with E-state index in [1.165, 1.54) is 16.7 Å². The highest BCUT2D eigenvalue weighted by molar-refractivity contribution is 5.59. The molecule has 2 N–H and O–H groups in total. The fraction of sp³-hybridized carbons (Fsp3) is 0.571. The lowest BCUT2D eigenvalue weighted by Gasteiger charge is -2.37. The molecule has 0 unspecified atom stereocenters. The Morgan fingerprint density at radius 1 is 1.38 bits per heavy atom. The van der Waals surface area contributed by atoms with Gasteiger partial charge in [0.05, 0.1) is 12.2 Å². The number of hydrogen-bond donors (Lipinski definition) is 2. The molecule has 86 valence electrons. The molecule has 0 radical (unpaired) electrons. The van der Waals surface area contributed by atoms with Crippen molar-refractivity contribution in [1.29, 1.82) is 0 Å². The van der Waals surface area contributed by atoms with E-state index in [9.17, 15) is 10.2 Å². The Kier molecular flexibility index (Phi) is 1.85. The molecule has 3 rings (SSSR count). The first kappa shape index (κ1) is 10.3. The van der Waals surface area contributed by atoms with Gasteiger partial charge in [-0.1, -0.05) is 11.6 Å². The van der Waals surface area contributed by atoms with Gasteiger partial charge in [0.15, 0.2) is 0 Å². The summed E-state index contributed by atoms with van der Waals surface area (Å²) in [7, 11) is 0. The summed E-state index contributed by atoms with van der Waals surface area (Å²) >= 11 is 0. The minimum atomic E-state index is -0.700. The molecule has 0 aromatic heterocycles. The molecule has 1 saturated carbocycles. The summed E-state index contributed by atoms with van der Waals surface area (Å²) in [6, 6.07) is 0. The summed E-state index contributed by atoms with van der Waals surface area (Å²) < 4.78 is 0. The third kappa shape index (κ3) is 1.09. The van der Waals surface area contributed by atoms with E-state index in [4.69, 9.17) is 0 Å². The van der Waals surface area contributed by atoms with Gasteiger partial charge in [-0.3, -0.25) is 0 Å². The molecule has 0 aromatic carbocycles. The molecular formula is C14H18O2. The SMILES string of the molecule is CC1=C2C=C(CO)CC2=C[C@@](C)(O)C12CC2. The second-order valence-corrected chi connectivity index (χ2v) is 5.58. The van der Waals surface area contributed by atoms with Gasteiger partial charge >= 0.3 is 0 Å². The summed E-state index contributed by atoms with van der Waals surface area (Å²) in [5.74, 6) is 0. The second-order valence-electron chi connectivity index (χ2n) is 5.58. The molecule has 1 spiro atoms. The minimum absolute atomic E-state index is 0.00671. The van der Waals surface area contributed by atoms with Crippen LogP contribution in [0.4, 0.5) is 0 Å². The fourth-order valence-electron chi connectivity index (χ4n) is 3.39. The van der Waals surface area contributed by atoms with Crippen LogP contribution in [0.25, 0.3) is 0 Å². The molecule has 0 amide bonds. The second kappa shape index (κ2) is 2.88. The molecule has 0 bridgehead atoms. The maximum Gasteiger partial charge on any atom is 0.0898 e. The van der Waals surface area contributed by atoms with Gasteiger partial charge in [-0.15, -0.1) is 0 Å². The van der Waals surface area contributed by atoms with Crippen LogP contribution in [0.1, 0.15) is 33.1 Å². The van der Waals surface area contributed by atoms with Gasteiger partial charge in [0.25, 0.3) is 0 Å². The quantitative estimate of drug-likeness (QED) is 0.707. The molecule has 2 nitrogen and oxygen atoms in total. The first-order chi connectivity index (χ1) is 7.50. The summed E-state index contributed by atoms with van der Waals surface area (Å²) in [5.41, 5.74) is 4.15. The molecular weight excluding hydrogens is 200 g/mol. The van der Waals surface area contributed by atoms with Crippen LogP contribution in [0, 0.1) is 5.41 Å². The van der Waals surface area contributed by atoms with Crippen molar-refractivity contribution in [2.75, 3.05) is 6.61 Å². The maximum atomic E-state index is 10.5. The zero-order valence-corrected chi connectivity index (χ0v) is 9.88. The molecule has 3 aliphatic carbocycles. The molecule has 1 fully saturated rings. The lowest BCUT2D eigenvalue weighted by atomic mass is 9.72. The average Bonchev–Trinajstić information content (AvgIpc) is 2.94. The highest BCUT2D eigenvalue weighted by Crippen LogP contribution is 2.64. The average molecular weight is 218 g/mol. The first-order valence-electron chi connectivity index (χ1n) is 5.96. The maximum absolute atomic E-state index is 10.5. The van der Waals surface area contributed by atoms with Gasteiger partial charge in [0.1, 0.15) is 0 Å². The van der Waals surface area contributed by atoms with Crippen molar-refractivity contribution in [2.45, 2.75) is 38.7 Å². The molecule has 3 aliphatic rings. The van der Waals surface area contributed by atoms with Crippen LogP contribution in [-0.2, 0) is 0 Å². The fourth-order valence-corrected chi connectivity index (χ4v) is 3.39. The predicted molar refractivity (Wildman–Crippen MR) is 62.9 cm³/mol. The van der Waals surface area contributed by atoms with E-state index in [0.29, 0.717) is 0 Å². The zero-order valence-electron chi connectivity index (χ0n) is 9.88. The number of aliphatic hydroxyl groups excluding tert-OH is 1. The Bertz CT molecular complexity index is 445. The van der Waals surface area contributed by atoms with Crippen molar-refractivity contribution in [2.24, 2.45) is 5.41 Å². The number of allylic oxidation sites excluding steroid dienone is 3.